The van der Waals surface area contributed by atoms with Crippen LogP contribution in [-0.4, -0.2) is 51.1 Å². The molecule has 0 saturated carbocycles. The molecule has 1 aromatic carbocycles. The smallest absolute Gasteiger partial charge is 0.305 e. The third-order valence-electron chi connectivity index (χ3n) is 6.16. The second-order valence-electron chi connectivity index (χ2n) is 8.50. The highest BCUT2D eigenvalue weighted by molar-refractivity contribution is 5.81. The van der Waals surface area contributed by atoms with E-state index in [2.05, 4.69) is 27.5 Å². The van der Waals surface area contributed by atoms with Gasteiger partial charge in [0.15, 0.2) is 0 Å². The zero-order valence-corrected chi connectivity index (χ0v) is 19.5. The molecule has 4 aromatic rings. The summed E-state index contributed by atoms with van der Waals surface area (Å²) in [5, 5.41) is 18.2. The van der Waals surface area contributed by atoms with Gasteiger partial charge in [0.2, 0.25) is 5.88 Å². The third-order valence-corrected chi connectivity index (χ3v) is 6.16. The van der Waals surface area contributed by atoms with Gasteiger partial charge in [-0.25, -0.2) is 9.97 Å². The first-order valence-electron chi connectivity index (χ1n) is 11.6. The Morgan fingerprint density at radius 2 is 2.11 bits per heavy atom. The number of aryl methyl sites for hydroxylation is 1. The fourth-order valence-electron chi connectivity index (χ4n) is 4.37. The van der Waals surface area contributed by atoms with Gasteiger partial charge in [-0.05, 0) is 54.3 Å². The first kappa shape index (κ1) is 22.6. The van der Waals surface area contributed by atoms with Gasteiger partial charge in [0.05, 0.1) is 37.9 Å². The van der Waals surface area contributed by atoms with E-state index in [4.69, 9.17) is 14.5 Å². The maximum absolute atomic E-state index is 11.6. The van der Waals surface area contributed by atoms with Crippen LogP contribution in [0.1, 0.15) is 35.7 Å². The molecule has 3 aromatic heterocycles. The summed E-state index contributed by atoms with van der Waals surface area (Å²) in [6.07, 6.45) is 6.15. The van der Waals surface area contributed by atoms with E-state index in [1.807, 2.05) is 24.3 Å². The van der Waals surface area contributed by atoms with Gasteiger partial charge in [0.1, 0.15) is 11.6 Å². The Kier molecular flexibility index (Phi) is 6.47. The van der Waals surface area contributed by atoms with E-state index in [0.29, 0.717) is 18.9 Å². The fraction of sp³-hybridized carbons (Fsp3) is 0.308. The van der Waals surface area contributed by atoms with E-state index in [1.165, 1.54) is 12.7 Å². The Bertz CT molecular complexity index is 1340. The molecule has 0 bridgehead atoms. The molecule has 0 saturated heterocycles. The molecule has 5 rings (SSSR count). The minimum absolute atomic E-state index is 0.119. The monoisotopic (exact) mass is 473 g/mol. The number of carbonyl (C=O) groups is 1. The number of rotatable bonds is 9. The lowest BCUT2D eigenvalue weighted by Gasteiger charge is -2.18. The molecule has 1 atom stereocenters. The van der Waals surface area contributed by atoms with Crippen molar-refractivity contribution in [3.05, 3.63) is 71.7 Å². The number of fused-ring (bicyclic) bond motifs is 2. The number of carboxylic acid groups (broad SMARTS) is 1. The average Bonchev–Trinajstić information content (AvgIpc) is 3.30. The normalized spacial score (nSPS) is 13.6. The summed E-state index contributed by atoms with van der Waals surface area (Å²) in [6.45, 7) is 1.47. The third kappa shape index (κ3) is 5.03. The number of hydrogen-bond donors (Lipinski definition) is 2. The summed E-state index contributed by atoms with van der Waals surface area (Å²) in [7, 11) is 1.54. The van der Waals surface area contributed by atoms with Crippen molar-refractivity contribution in [2.75, 3.05) is 25.6 Å². The van der Waals surface area contributed by atoms with Crippen molar-refractivity contribution in [1.29, 1.82) is 0 Å². The summed E-state index contributed by atoms with van der Waals surface area (Å²) in [5.41, 5.74) is 3.83. The van der Waals surface area contributed by atoms with Gasteiger partial charge in [-0.1, -0.05) is 6.07 Å². The highest BCUT2D eigenvalue weighted by Crippen LogP contribution is 2.29. The van der Waals surface area contributed by atoms with Crippen molar-refractivity contribution in [2.45, 2.75) is 31.7 Å². The van der Waals surface area contributed by atoms with Crippen molar-refractivity contribution < 1.29 is 19.4 Å². The largest absolute Gasteiger partial charge is 0.493 e. The molecule has 180 valence electrons. The van der Waals surface area contributed by atoms with Crippen LogP contribution in [-0.2, 0) is 17.6 Å². The van der Waals surface area contributed by atoms with Gasteiger partial charge in [-0.15, -0.1) is 0 Å². The lowest BCUT2D eigenvalue weighted by atomic mass is 10.1. The van der Waals surface area contributed by atoms with Crippen LogP contribution in [0.15, 0.2) is 54.9 Å². The summed E-state index contributed by atoms with van der Waals surface area (Å²) in [4.78, 5) is 20.5. The molecular formula is C26H27N5O4. The minimum atomic E-state index is -0.916. The van der Waals surface area contributed by atoms with Crippen LogP contribution >= 0.6 is 0 Å². The van der Waals surface area contributed by atoms with E-state index >= 15 is 0 Å². The maximum atomic E-state index is 11.6. The molecule has 0 aliphatic carbocycles. The SMILES string of the molecule is COc1ccc(C(CC(=O)O)n2ncc3cc(OCCc4ccc5c(n4)NCCC5)ccc32)cn1. The van der Waals surface area contributed by atoms with Gasteiger partial charge >= 0.3 is 5.97 Å². The van der Waals surface area contributed by atoms with Crippen molar-refractivity contribution in [1.82, 2.24) is 19.7 Å². The number of carboxylic acids is 1. The number of anilines is 1. The number of nitrogens with one attached hydrogen (secondary N) is 1. The van der Waals surface area contributed by atoms with Crippen LogP contribution in [0.4, 0.5) is 5.82 Å². The van der Waals surface area contributed by atoms with Crippen LogP contribution in [0.25, 0.3) is 10.9 Å². The van der Waals surface area contributed by atoms with E-state index in [-0.39, 0.29) is 6.42 Å². The predicted molar refractivity (Wildman–Crippen MR) is 131 cm³/mol. The molecule has 1 aliphatic rings. The van der Waals surface area contributed by atoms with Crippen LogP contribution < -0.4 is 14.8 Å². The molecule has 35 heavy (non-hydrogen) atoms. The number of ether oxygens (including phenoxy) is 2. The zero-order chi connectivity index (χ0) is 24.2. The molecule has 9 nitrogen and oxygen atoms in total. The van der Waals surface area contributed by atoms with Crippen molar-refractivity contribution in [2.24, 2.45) is 0 Å². The number of nitrogens with zero attached hydrogens (tertiary/aromatic N) is 4. The Morgan fingerprint density at radius 1 is 1.20 bits per heavy atom. The van der Waals surface area contributed by atoms with Crippen molar-refractivity contribution in [3.8, 4) is 11.6 Å². The van der Waals surface area contributed by atoms with Crippen LogP contribution in [0.2, 0.25) is 0 Å². The standard InChI is InChI=1S/C26H27N5O4/c1-34-24-9-5-18(15-28-24)23(14-25(32)33)31-22-8-7-21(13-19(22)16-29-31)35-12-10-20-6-4-17-3-2-11-27-26(17)30-20/h4-9,13,15-16,23H,2-3,10-12,14H2,1H3,(H,27,30)(H,32,33). The minimum Gasteiger partial charge on any atom is -0.493 e. The van der Waals surface area contributed by atoms with Gasteiger partial charge in [-0.2, -0.15) is 5.10 Å². The van der Waals surface area contributed by atoms with E-state index in [0.717, 1.165) is 53.1 Å². The van der Waals surface area contributed by atoms with Crippen LogP contribution in [0.5, 0.6) is 11.6 Å². The molecule has 0 amide bonds. The summed E-state index contributed by atoms with van der Waals surface area (Å²) in [5.74, 6) is 1.27. The molecular weight excluding hydrogens is 446 g/mol. The molecule has 0 radical (unpaired) electrons. The van der Waals surface area contributed by atoms with E-state index < -0.39 is 12.0 Å². The zero-order valence-electron chi connectivity index (χ0n) is 19.5. The summed E-state index contributed by atoms with van der Waals surface area (Å²) < 4.78 is 12.8. The Hall–Kier alpha value is -4.14. The fourth-order valence-corrected chi connectivity index (χ4v) is 4.37. The lowest BCUT2D eigenvalue weighted by Crippen LogP contribution is -2.16. The van der Waals surface area contributed by atoms with Gasteiger partial charge in [0.25, 0.3) is 0 Å². The highest BCUT2D eigenvalue weighted by Gasteiger charge is 2.21. The Balaban J connectivity index is 1.30. The molecule has 1 unspecified atom stereocenters. The summed E-state index contributed by atoms with van der Waals surface area (Å²) in [6, 6.07) is 13.0. The number of aliphatic carboxylic acids is 1. The number of aromatic nitrogens is 4. The molecule has 4 heterocycles. The Morgan fingerprint density at radius 3 is 2.91 bits per heavy atom. The first-order valence-corrected chi connectivity index (χ1v) is 11.6. The average molecular weight is 474 g/mol. The number of benzene rings is 1. The van der Waals surface area contributed by atoms with Gasteiger partial charge in [-0.3, -0.25) is 9.48 Å². The number of methoxy groups -OCH3 is 1. The second-order valence-corrected chi connectivity index (χ2v) is 8.50. The van der Waals surface area contributed by atoms with E-state index in [1.54, 1.807) is 23.1 Å². The Labute approximate surface area is 202 Å². The lowest BCUT2D eigenvalue weighted by molar-refractivity contribution is -0.137. The number of pyridine rings is 2. The molecule has 2 N–H and O–H groups in total. The topological polar surface area (TPSA) is 111 Å². The van der Waals surface area contributed by atoms with Crippen molar-refractivity contribution in [3.63, 3.8) is 0 Å². The molecule has 1 aliphatic heterocycles. The quantitative estimate of drug-likeness (QED) is 0.377. The van der Waals surface area contributed by atoms with E-state index in [9.17, 15) is 9.90 Å². The second kappa shape index (κ2) is 10.0. The van der Waals surface area contributed by atoms with Crippen molar-refractivity contribution >= 4 is 22.7 Å². The first-order chi connectivity index (χ1) is 17.1. The maximum Gasteiger partial charge on any atom is 0.305 e. The van der Waals surface area contributed by atoms with Crippen LogP contribution in [0, 0.1) is 0 Å². The van der Waals surface area contributed by atoms with Gasteiger partial charge in [0, 0.05) is 36.3 Å². The van der Waals surface area contributed by atoms with Gasteiger partial charge < -0.3 is 19.9 Å². The van der Waals surface area contributed by atoms with Crippen LogP contribution in [0.3, 0.4) is 0 Å². The highest BCUT2D eigenvalue weighted by atomic mass is 16.5. The molecule has 0 spiro atoms. The number of hydrogen-bond acceptors (Lipinski definition) is 7. The summed E-state index contributed by atoms with van der Waals surface area (Å²) >= 11 is 0. The molecule has 9 heteroatoms. The predicted octanol–water partition coefficient (Wildman–Crippen LogP) is 3.88. The molecule has 0 fully saturated rings.